The van der Waals surface area contributed by atoms with Gasteiger partial charge in [0.05, 0.1) is 0 Å². The predicted molar refractivity (Wildman–Crippen MR) is 59.0 cm³/mol. The number of rotatable bonds is 3. The molecule has 2 nitrogen and oxygen atoms in total. The molecule has 0 aromatic heterocycles. The summed E-state index contributed by atoms with van der Waals surface area (Å²) in [5.41, 5.74) is 0.825. The van der Waals surface area contributed by atoms with Gasteiger partial charge in [-0.2, -0.15) is 0 Å². The van der Waals surface area contributed by atoms with Gasteiger partial charge < -0.3 is 5.32 Å². The molecular weight excluding hydrogens is 174 g/mol. The van der Waals surface area contributed by atoms with E-state index in [-0.39, 0.29) is 5.91 Å². The van der Waals surface area contributed by atoms with Gasteiger partial charge in [0, 0.05) is 5.69 Å². The molecule has 0 aliphatic rings. The Kier molecular flexibility index (Phi) is 3.92. The number of hydrogen-bond donors (Lipinski definition) is 1. The molecule has 1 aromatic carbocycles. The Morgan fingerprint density at radius 2 is 1.93 bits per heavy atom. The average Bonchev–Trinajstić information content (AvgIpc) is 2.16. The van der Waals surface area contributed by atoms with Crippen LogP contribution in [0.5, 0.6) is 0 Å². The first-order valence-corrected chi connectivity index (χ1v) is 4.72. The lowest BCUT2D eigenvalue weighted by atomic mass is 10.2. The summed E-state index contributed by atoms with van der Waals surface area (Å²) in [5.74, 6) is 0.321. The third-order valence-corrected chi connectivity index (χ3v) is 1.67. The smallest absolute Gasteiger partial charge is 0.248 e. The second-order valence-corrected chi connectivity index (χ2v) is 3.46. The van der Waals surface area contributed by atoms with E-state index in [1.54, 1.807) is 6.08 Å². The van der Waals surface area contributed by atoms with Crippen LogP contribution in [0.3, 0.4) is 0 Å². The van der Waals surface area contributed by atoms with E-state index in [9.17, 15) is 4.79 Å². The molecule has 1 aromatic rings. The monoisotopic (exact) mass is 189 g/mol. The Morgan fingerprint density at radius 1 is 1.29 bits per heavy atom. The second-order valence-electron chi connectivity index (χ2n) is 3.46. The number of amides is 1. The van der Waals surface area contributed by atoms with Gasteiger partial charge in [-0.3, -0.25) is 4.79 Å². The largest absolute Gasteiger partial charge is 0.323 e. The number of benzene rings is 1. The molecule has 0 unspecified atom stereocenters. The Labute approximate surface area is 84.6 Å². The molecule has 0 aliphatic heterocycles. The predicted octanol–water partition coefficient (Wildman–Crippen LogP) is 2.84. The molecule has 1 N–H and O–H groups in total. The van der Waals surface area contributed by atoms with Crippen LogP contribution >= 0.6 is 0 Å². The minimum Gasteiger partial charge on any atom is -0.323 e. The minimum absolute atomic E-state index is 0.0788. The Bertz CT molecular complexity index is 314. The van der Waals surface area contributed by atoms with Gasteiger partial charge in [-0.15, -0.1) is 0 Å². The van der Waals surface area contributed by atoms with Crippen molar-refractivity contribution in [1.29, 1.82) is 0 Å². The molecule has 2 heteroatoms. The number of hydrogen-bond acceptors (Lipinski definition) is 1. The van der Waals surface area contributed by atoms with Crippen LogP contribution in [-0.4, -0.2) is 5.91 Å². The molecule has 0 heterocycles. The van der Waals surface area contributed by atoms with Crippen molar-refractivity contribution in [2.45, 2.75) is 13.8 Å². The van der Waals surface area contributed by atoms with E-state index >= 15 is 0 Å². The van der Waals surface area contributed by atoms with Gasteiger partial charge >= 0.3 is 0 Å². The highest BCUT2D eigenvalue weighted by Crippen LogP contribution is 2.04. The lowest BCUT2D eigenvalue weighted by Crippen LogP contribution is -2.07. The van der Waals surface area contributed by atoms with Crippen LogP contribution in [0.25, 0.3) is 0 Å². The molecule has 14 heavy (non-hydrogen) atoms. The van der Waals surface area contributed by atoms with Gasteiger partial charge in [0.1, 0.15) is 0 Å². The maximum Gasteiger partial charge on any atom is 0.248 e. The van der Waals surface area contributed by atoms with E-state index in [4.69, 9.17) is 0 Å². The summed E-state index contributed by atoms with van der Waals surface area (Å²) in [6, 6.07) is 9.42. The van der Waals surface area contributed by atoms with E-state index in [0.29, 0.717) is 5.92 Å². The minimum atomic E-state index is -0.0788. The standard InChI is InChI=1S/C12H15NO/c1-10(2)8-9-12(14)13-11-6-4-3-5-7-11/h3-10H,1-2H3,(H,13,14)/b9-8+. The lowest BCUT2D eigenvalue weighted by Gasteiger charge is -2.00. The van der Waals surface area contributed by atoms with Gasteiger partial charge in [0.2, 0.25) is 5.91 Å². The van der Waals surface area contributed by atoms with Gasteiger partial charge in [0.15, 0.2) is 0 Å². The second kappa shape index (κ2) is 5.22. The highest BCUT2D eigenvalue weighted by molar-refractivity contribution is 5.99. The normalized spacial score (nSPS) is 10.8. The highest BCUT2D eigenvalue weighted by atomic mass is 16.1. The van der Waals surface area contributed by atoms with Crippen LogP contribution < -0.4 is 5.32 Å². The van der Waals surface area contributed by atoms with Gasteiger partial charge in [-0.05, 0) is 24.1 Å². The summed E-state index contributed by atoms with van der Waals surface area (Å²) >= 11 is 0. The van der Waals surface area contributed by atoms with Gasteiger partial charge in [-0.1, -0.05) is 38.1 Å². The molecule has 0 bridgehead atoms. The maximum atomic E-state index is 11.3. The van der Waals surface area contributed by atoms with Crippen LogP contribution in [0.1, 0.15) is 13.8 Å². The fraction of sp³-hybridized carbons (Fsp3) is 0.250. The Morgan fingerprint density at radius 3 is 2.50 bits per heavy atom. The first-order chi connectivity index (χ1) is 6.68. The van der Waals surface area contributed by atoms with Gasteiger partial charge in [0.25, 0.3) is 0 Å². The molecule has 1 rings (SSSR count). The molecule has 0 spiro atoms. The molecule has 0 saturated carbocycles. The zero-order valence-corrected chi connectivity index (χ0v) is 8.53. The topological polar surface area (TPSA) is 29.1 Å². The third kappa shape index (κ3) is 3.90. The van der Waals surface area contributed by atoms with Crippen LogP contribution in [-0.2, 0) is 4.79 Å². The Balaban J connectivity index is 2.50. The molecule has 0 aliphatic carbocycles. The fourth-order valence-corrected chi connectivity index (χ4v) is 0.985. The molecule has 0 saturated heterocycles. The summed E-state index contributed by atoms with van der Waals surface area (Å²) in [6.07, 6.45) is 3.44. The van der Waals surface area contributed by atoms with Crippen molar-refractivity contribution in [1.82, 2.24) is 0 Å². The summed E-state index contributed by atoms with van der Waals surface area (Å²) < 4.78 is 0. The molecule has 0 fully saturated rings. The Hall–Kier alpha value is -1.57. The summed E-state index contributed by atoms with van der Waals surface area (Å²) in [6.45, 7) is 4.07. The molecular formula is C12H15NO. The van der Waals surface area contributed by atoms with E-state index in [1.807, 2.05) is 50.3 Å². The number of para-hydroxylation sites is 1. The van der Waals surface area contributed by atoms with Crippen LogP contribution in [0.4, 0.5) is 5.69 Å². The van der Waals surface area contributed by atoms with Crippen molar-refractivity contribution in [2.24, 2.45) is 5.92 Å². The zero-order chi connectivity index (χ0) is 10.4. The summed E-state index contributed by atoms with van der Waals surface area (Å²) in [5, 5.41) is 2.77. The first-order valence-electron chi connectivity index (χ1n) is 4.72. The molecule has 0 radical (unpaired) electrons. The zero-order valence-electron chi connectivity index (χ0n) is 8.53. The van der Waals surface area contributed by atoms with Crippen molar-refractivity contribution in [2.75, 3.05) is 5.32 Å². The van der Waals surface area contributed by atoms with E-state index < -0.39 is 0 Å². The number of allylic oxidation sites excluding steroid dienone is 1. The van der Waals surface area contributed by atoms with E-state index in [1.165, 1.54) is 0 Å². The first kappa shape index (κ1) is 10.5. The van der Waals surface area contributed by atoms with E-state index in [0.717, 1.165) is 5.69 Å². The number of nitrogens with one attached hydrogen (secondary N) is 1. The third-order valence-electron chi connectivity index (χ3n) is 1.67. The van der Waals surface area contributed by atoms with Crippen molar-refractivity contribution in [3.05, 3.63) is 42.5 Å². The van der Waals surface area contributed by atoms with Crippen molar-refractivity contribution < 1.29 is 4.79 Å². The fourth-order valence-electron chi connectivity index (χ4n) is 0.985. The van der Waals surface area contributed by atoms with Crippen LogP contribution in [0.2, 0.25) is 0 Å². The molecule has 74 valence electrons. The van der Waals surface area contributed by atoms with E-state index in [2.05, 4.69) is 5.32 Å². The molecule has 0 atom stereocenters. The van der Waals surface area contributed by atoms with Crippen molar-refractivity contribution in [3.8, 4) is 0 Å². The lowest BCUT2D eigenvalue weighted by molar-refractivity contribution is -0.111. The maximum absolute atomic E-state index is 11.3. The summed E-state index contributed by atoms with van der Waals surface area (Å²) in [4.78, 5) is 11.3. The van der Waals surface area contributed by atoms with Gasteiger partial charge in [-0.25, -0.2) is 0 Å². The highest BCUT2D eigenvalue weighted by Gasteiger charge is 1.95. The number of anilines is 1. The van der Waals surface area contributed by atoms with Crippen LogP contribution in [0.15, 0.2) is 42.5 Å². The number of carbonyl (C=O) groups excluding carboxylic acids is 1. The van der Waals surface area contributed by atoms with Crippen LogP contribution in [0, 0.1) is 5.92 Å². The van der Waals surface area contributed by atoms with Crippen molar-refractivity contribution in [3.63, 3.8) is 0 Å². The molecule has 1 amide bonds. The van der Waals surface area contributed by atoms with Crippen molar-refractivity contribution >= 4 is 11.6 Å². The quantitative estimate of drug-likeness (QED) is 0.728. The number of carbonyl (C=O) groups is 1. The average molecular weight is 189 g/mol. The summed E-state index contributed by atoms with van der Waals surface area (Å²) in [7, 11) is 0. The SMILES string of the molecule is CC(C)/C=C/C(=O)Nc1ccccc1.